The maximum atomic E-state index is 5.68. The van der Waals surface area contributed by atoms with Gasteiger partial charge in [0.15, 0.2) is 0 Å². The monoisotopic (exact) mass is 274 g/mol. The minimum absolute atomic E-state index is 0.193. The summed E-state index contributed by atoms with van der Waals surface area (Å²) < 4.78 is 11.2. The highest BCUT2D eigenvalue weighted by Crippen LogP contribution is 2.15. The fourth-order valence-electron chi connectivity index (χ4n) is 1.91. The normalized spacial score (nSPS) is 11.0. The molecule has 1 aromatic heterocycles. The lowest BCUT2D eigenvalue weighted by atomic mass is 10.2. The highest BCUT2D eigenvalue weighted by molar-refractivity contribution is 5.28. The first-order chi connectivity index (χ1) is 9.67. The topological polar surface area (TPSA) is 47.3 Å². The maximum absolute atomic E-state index is 5.68. The van der Waals surface area contributed by atoms with Gasteiger partial charge in [-0.3, -0.25) is 0 Å². The number of hydrogen-bond acceptors (Lipinski definition) is 4. The highest BCUT2D eigenvalue weighted by atomic mass is 16.5. The first-order valence-electron chi connectivity index (χ1n) is 7.07. The Balaban J connectivity index is 1.84. The van der Waals surface area contributed by atoms with E-state index in [0.29, 0.717) is 6.54 Å². The van der Waals surface area contributed by atoms with Crippen LogP contribution in [0.15, 0.2) is 34.9 Å². The molecule has 4 nitrogen and oxygen atoms in total. The van der Waals surface area contributed by atoms with Crippen molar-refractivity contribution >= 4 is 0 Å². The fourth-order valence-corrected chi connectivity index (χ4v) is 1.91. The Bertz CT molecular complexity index is 535. The standard InChI is InChI=1S/C16H22N2O2/c1-4-14-10-18-16(20-14)11-17-9-13-6-5-7-15(8-13)19-12(2)3/h5-8,10,12,17H,4,9,11H2,1-3H3. The molecule has 0 saturated carbocycles. The number of benzene rings is 1. The van der Waals surface area contributed by atoms with E-state index >= 15 is 0 Å². The molecule has 2 rings (SSSR count). The Morgan fingerprint density at radius 2 is 2.15 bits per heavy atom. The molecule has 0 radical (unpaired) electrons. The molecule has 0 aliphatic rings. The Morgan fingerprint density at radius 3 is 2.85 bits per heavy atom. The molecule has 0 saturated heterocycles. The first-order valence-corrected chi connectivity index (χ1v) is 7.07. The predicted molar refractivity (Wildman–Crippen MR) is 78.6 cm³/mol. The van der Waals surface area contributed by atoms with Crippen LogP contribution < -0.4 is 10.1 Å². The Labute approximate surface area is 120 Å². The van der Waals surface area contributed by atoms with Crippen molar-refractivity contribution in [2.24, 2.45) is 0 Å². The third-order valence-corrected chi connectivity index (χ3v) is 2.83. The van der Waals surface area contributed by atoms with E-state index in [-0.39, 0.29) is 6.10 Å². The summed E-state index contributed by atoms with van der Waals surface area (Å²) in [4.78, 5) is 4.22. The van der Waals surface area contributed by atoms with Gasteiger partial charge in [0.2, 0.25) is 5.89 Å². The van der Waals surface area contributed by atoms with E-state index in [4.69, 9.17) is 9.15 Å². The van der Waals surface area contributed by atoms with Crippen molar-refractivity contribution in [1.29, 1.82) is 0 Å². The maximum Gasteiger partial charge on any atom is 0.208 e. The van der Waals surface area contributed by atoms with Gasteiger partial charge in [-0.25, -0.2) is 4.98 Å². The van der Waals surface area contributed by atoms with Gasteiger partial charge >= 0.3 is 0 Å². The minimum Gasteiger partial charge on any atom is -0.491 e. The number of hydrogen-bond donors (Lipinski definition) is 1. The molecular weight excluding hydrogens is 252 g/mol. The SMILES string of the molecule is CCc1cnc(CNCc2cccc(OC(C)C)c2)o1. The lowest BCUT2D eigenvalue weighted by Gasteiger charge is -2.11. The zero-order valence-corrected chi connectivity index (χ0v) is 12.3. The molecule has 0 aliphatic heterocycles. The molecule has 0 amide bonds. The van der Waals surface area contributed by atoms with E-state index < -0.39 is 0 Å². The van der Waals surface area contributed by atoms with Crippen LogP contribution in [-0.4, -0.2) is 11.1 Å². The second-order valence-corrected chi connectivity index (χ2v) is 4.99. The number of oxazole rings is 1. The molecule has 0 atom stereocenters. The van der Waals surface area contributed by atoms with Crippen LogP contribution in [0.2, 0.25) is 0 Å². The number of nitrogens with zero attached hydrogens (tertiary/aromatic N) is 1. The Kier molecular flexibility index (Phi) is 5.18. The zero-order chi connectivity index (χ0) is 14.4. The van der Waals surface area contributed by atoms with Gasteiger partial charge in [0.25, 0.3) is 0 Å². The molecule has 0 unspecified atom stereocenters. The number of ether oxygens (including phenoxy) is 1. The van der Waals surface area contributed by atoms with Gasteiger partial charge in [0, 0.05) is 13.0 Å². The van der Waals surface area contributed by atoms with E-state index in [1.165, 1.54) is 5.56 Å². The van der Waals surface area contributed by atoms with Gasteiger partial charge in [0.1, 0.15) is 11.5 Å². The van der Waals surface area contributed by atoms with Gasteiger partial charge in [0.05, 0.1) is 18.8 Å². The smallest absolute Gasteiger partial charge is 0.208 e. The molecule has 0 spiro atoms. The van der Waals surface area contributed by atoms with Crippen molar-refractivity contribution in [3.05, 3.63) is 47.7 Å². The van der Waals surface area contributed by atoms with Crippen LogP contribution in [0.25, 0.3) is 0 Å². The van der Waals surface area contributed by atoms with E-state index in [0.717, 1.165) is 30.4 Å². The van der Waals surface area contributed by atoms with Gasteiger partial charge in [-0.15, -0.1) is 0 Å². The summed E-state index contributed by atoms with van der Waals surface area (Å²) in [6.45, 7) is 7.50. The van der Waals surface area contributed by atoms with Crippen LogP contribution >= 0.6 is 0 Å². The van der Waals surface area contributed by atoms with Crippen LogP contribution in [-0.2, 0) is 19.5 Å². The third-order valence-electron chi connectivity index (χ3n) is 2.83. The minimum atomic E-state index is 0.193. The number of aryl methyl sites for hydroxylation is 1. The molecular formula is C16H22N2O2. The lowest BCUT2D eigenvalue weighted by molar-refractivity contribution is 0.242. The number of rotatable bonds is 7. The molecule has 0 bridgehead atoms. The molecule has 0 fully saturated rings. The largest absolute Gasteiger partial charge is 0.491 e. The predicted octanol–water partition coefficient (Wildman–Crippen LogP) is 3.31. The molecule has 4 heteroatoms. The van der Waals surface area contributed by atoms with E-state index in [1.807, 2.05) is 26.0 Å². The molecule has 108 valence electrons. The quantitative estimate of drug-likeness (QED) is 0.841. The van der Waals surface area contributed by atoms with Crippen LogP contribution in [0, 0.1) is 0 Å². The fraction of sp³-hybridized carbons (Fsp3) is 0.438. The average molecular weight is 274 g/mol. The molecule has 0 aliphatic carbocycles. The second-order valence-electron chi connectivity index (χ2n) is 4.99. The number of nitrogens with one attached hydrogen (secondary N) is 1. The molecule has 2 aromatic rings. The molecule has 1 aromatic carbocycles. The third kappa shape index (κ3) is 4.38. The molecule has 20 heavy (non-hydrogen) atoms. The van der Waals surface area contributed by atoms with Crippen molar-refractivity contribution in [3.8, 4) is 5.75 Å². The van der Waals surface area contributed by atoms with Crippen LogP contribution in [0.1, 0.15) is 38.0 Å². The van der Waals surface area contributed by atoms with Gasteiger partial charge < -0.3 is 14.5 Å². The average Bonchev–Trinajstić information content (AvgIpc) is 2.86. The Hall–Kier alpha value is -1.81. The van der Waals surface area contributed by atoms with E-state index in [2.05, 4.69) is 29.4 Å². The van der Waals surface area contributed by atoms with Gasteiger partial charge in [-0.05, 0) is 31.5 Å². The van der Waals surface area contributed by atoms with Crippen LogP contribution in [0.5, 0.6) is 5.75 Å². The summed E-state index contributed by atoms with van der Waals surface area (Å²) >= 11 is 0. The van der Waals surface area contributed by atoms with Crippen LogP contribution in [0.3, 0.4) is 0 Å². The van der Waals surface area contributed by atoms with Gasteiger partial charge in [-0.2, -0.15) is 0 Å². The van der Waals surface area contributed by atoms with E-state index in [1.54, 1.807) is 6.20 Å². The first kappa shape index (κ1) is 14.6. The summed E-state index contributed by atoms with van der Waals surface area (Å²) in [5, 5.41) is 3.32. The van der Waals surface area contributed by atoms with Crippen molar-refractivity contribution in [2.75, 3.05) is 0 Å². The van der Waals surface area contributed by atoms with Crippen molar-refractivity contribution in [2.45, 2.75) is 46.4 Å². The molecule has 1 N–H and O–H groups in total. The van der Waals surface area contributed by atoms with Crippen molar-refractivity contribution in [1.82, 2.24) is 10.3 Å². The summed E-state index contributed by atoms with van der Waals surface area (Å²) in [5.74, 6) is 2.56. The van der Waals surface area contributed by atoms with Crippen LogP contribution in [0.4, 0.5) is 0 Å². The van der Waals surface area contributed by atoms with Crippen molar-refractivity contribution < 1.29 is 9.15 Å². The van der Waals surface area contributed by atoms with E-state index in [9.17, 15) is 0 Å². The summed E-state index contributed by atoms with van der Waals surface area (Å²) in [6.07, 6.45) is 2.85. The zero-order valence-electron chi connectivity index (χ0n) is 12.3. The number of aromatic nitrogens is 1. The summed E-state index contributed by atoms with van der Waals surface area (Å²) in [7, 11) is 0. The van der Waals surface area contributed by atoms with Crippen molar-refractivity contribution in [3.63, 3.8) is 0 Å². The highest BCUT2D eigenvalue weighted by Gasteiger charge is 2.03. The van der Waals surface area contributed by atoms with Gasteiger partial charge in [-0.1, -0.05) is 19.1 Å². The Morgan fingerprint density at radius 1 is 1.30 bits per heavy atom. The molecule has 1 heterocycles. The second kappa shape index (κ2) is 7.10. The summed E-state index contributed by atoms with van der Waals surface area (Å²) in [5.41, 5.74) is 1.19. The lowest BCUT2D eigenvalue weighted by Crippen LogP contribution is -2.13. The summed E-state index contributed by atoms with van der Waals surface area (Å²) in [6, 6.07) is 8.12.